The number of carbonyl (C=O) groups is 3. The van der Waals surface area contributed by atoms with Gasteiger partial charge in [-0.3, -0.25) is 9.59 Å². The van der Waals surface area contributed by atoms with Gasteiger partial charge < -0.3 is 15.2 Å². The topological polar surface area (TPSA) is 92.7 Å². The van der Waals surface area contributed by atoms with Gasteiger partial charge in [0.25, 0.3) is 0 Å². The van der Waals surface area contributed by atoms with Gasteiger partial charge in [-0.15, -0.1) is 0 Å². The van der Waals surface area contributed by atoms with Gasteiger partial charge in [-0.2, -0.15) is 0 Å². The van der Waals surface area contributed by atoms with Crippen molar-refractivity contribution in [3.63, 3.8) is 0 Å². The highest BCUT2D eigenvalue weighted by molar-refractivity contribution is 5.94. The molecule has 1 aliphatic rings. The molecule has 1 aromatic rings. The van der Waals surface area contributed by atoms with E-state index in [0.717, 1.165) is 0 Å². The van der Waals surface area contributed by atoms with E-state index in [9.17, 15) is 14.4 Å². The molecule has 2 rings (SSSR count). The Bertz CT molecular complexity index is 552. The number of hydrogen-bond acceptors (Lipinski definition) is 4. The molecule has 0 heterocycles. The number of ether oxygens (including phenoxy) is 1. The van der Waals surface area contributed by atoms with Crippen LogP contribution in [0.15, 0.2) is 24.3 Å². The fourth-order valence-corrected chi connectivity index (χ4v) is 2.50. The second-order valence-electron chi connectivity index (χ2n) is 5.10. The summed E-state index contributed by atoms with van der Waals surface area (Å²) in [7, 11) is 1.30. The molecule has 0 saturated heterocycles. The first-order valence-electron chi connectivity index (χ1n) is 6.73. The van der Waals surface area contributed by atoms with E-state index in [1.807, 2.05) is 0 Å². The number of amides is 1. The van der Waals surface area contributed by atoms with Crippen LogP contribution in [-0.2, 0) is 14.3 Å². The third kappa shape index (κ3) is 3.59. The third-order valence-electron chi connectivity index (χ3n) is 3.73. The zero-order valence-electron chi connectivity index (χ0n) is 11.7. The summed E-state index contributed by atoms with van der Waals surface area (Å²) in [5.74, 6) is -2.15. The lowest BCUT2D eigenvalue weighted by Gasteiger charge is -2.11. The van der Waals surface area contributed by atoms with E-state index >= 15 is 0 Å². The summed E-state index contributed by atoms with van der Waals surface area (Å²) in [5.41, 5.74) is 0.980. The van der Waals surface area contributed by atoms with Crippen molar-refractivity contribution < 1.29 is 24.2 Å². The van der Waals surface area contributed by atoms with Crippen molar-refractivity contribution in [3.05, 3.63) is 29.8 Å². The zero-order valence-corrected chi connectivity index (χ0v) is 11.7. The van der Waals surface area contributed by atoms with Crippen LogP contribution < -0.4 is 5.32 Å². The normalized spacial score (nSPS) is 20.8. The molecule has 0 radical (unpaired) electrons. The molecule has 6 nitrogen and oxygen atoms in total. The minimum atomic E-state index is -0.840. The minimum Gasteiger partial charge on any atom is -0.481 e. The van der Waals surface area contributed by atoms with Crippen molar-refractivity contribution in [1.82, 2.24) is 0 Å². The highest BCUT2D eigenvalue weighted by Crippen LogP contribution is 2.31. The lowest BCUT2D eigenvalue weighted by Crippen LogP contribution is -2.21. The lowest BCUT2D eigenvalue weighted by molar-refractivity contribution is -0.141. The summed E-state index contributed by atoms with van der Waals surface area (Å²) in [6.45, 7) is 0. The Hall–Kier alpha value is -2.37. The van der Waals surface area contributed by atoms with Crippen molar-refractivity contribution in [1.29, 1.82) is 0 Å². The monoisotopic (exact) mass is 291 g/mol. The molecule has 1 aliphatic carbocycles. The van der Waals surface area contributed by atoms with Gasteiger partial charge in [-0.25, -0.2) is 4.79 Å². The molecule has 1 amide bonds. The SMILES string of the molecule is COC(=O)c1ccc(NC(=O)[C@@H]2CC[C@H](C(=O)O)C2)cc1. The molecule has 0 aromatic heterocycles. The highest BCUT2D eigenvalue weighted by atomic mass is 16.5. The van der Waals surface area contributed by atoms with Gasteiger partial charge in [-0.1, -0.05) is 0 Å². The number of aliphatic carboxylic acids is 1. The van der Waals surface area contributed by atoms with E-state index in [0.29, 0.717) is 30.5 Å². The molecule has 0 unspecified atom stereocenters. The maximum Gasteiger partial charge on any atom is 0.337 e. The van der Waals surface area contributed by atoms with Gasteiger partial charge in [-0.05, 0) is 43.5 Å². The molecule has 1 saturated carbocycles. The molecule has 21 heavy (non-hydrogen) atoms. The van der Waals surface area contributed by atoms with Crippen molar-refractivity contribution in [2.24, 2.45) is 11.8 Å². The van der Waals surface area contributed by atoms with Crippen LogP contribution in [0.2, 0.25) is 0 Å². The van der Waals surface area contributed by atoms with Crippen LogP contribution in [0, 0.1) is 11.8 Å². The summed E-state index contributed by atoms with van der Waals surface area (Å²) in [6, 6.07) is 6.37. The third-order valence-corrected chi connectivity index (χ3v) is 3.73. The Morgan fingerprint density at radius 1 is 1.14 bits per heavy atom. The van der Waals surface area contributed by atoms with E-state index in [1.165, 1.54) is 7.11 Å². The van der Waals surface area contributed by atoms with E-state index in [1.54, 1.807) is 24.3 Å². The molecule has 0 aliphatic heterocycles. The first-order valence-corrected chi connectivity index (χ1v) is 6.73. The molecule has 112 valence electrons. The predicted octanol–water partition coefficient (Wildman–Crippen LogP) is 1.91. The number of nitrogens with one attached hydrogen (secondary N) is 1. The van der Waals surface area contributed by atoms with Crippen LogP contribution in [-0.4, -0.2) is 30.1 Å². The van der Waals surface area contributed by atoms with Gasteiger partial charge in [0.2, 0.25) is 5.91 Å². The molecule has 0 spiro atoms. The van der Waals surface area contributed by atoms with E-state index in [-0.39, 0.29) is 11.8 Å². The number of esters is 1. The largest absolute Gasteiger partial charge is 0.481 e. The van der Waals surface area contributed by atoms with Crippen LogP contribution in [0.5, 0.6) is 0 Å². The number of methoxy groups -OCH3 is 1. The second kappa shape index (κ2) is 6.39. The number of hydrogen-bond donors (Lipinski definition) is 2. The smallest absolute Gasteiger partial charge is 0.337 e. The standard InChI is InChI=1S/C15H17NO5/c1-21-15(20)9-4-6-12(7-5-9)16-13(17)10-2-3-11(8-10)14(18)19/h4-7,10-11H,2-3,8H2,1H3,(H,16,17)(H,18,19)/t10-,11+/m1/s1. The zero-order chi connectivity index (χ0) is 15.4. The summed E-state index contributed by atoms with van der Waals surface area (Å²) in [6.07, 6.45) is 1.50. The fraction of sp³-hybridized carbons (Fsp3) is 0.400. The second-order valence-corrected chi connectivity index (χ2v) is 5.10. The molecule has 1 fully saturated rings. The molecule has 0 bridgehead atoms. The number of carbonyl (C=O) groups excluding carboxylic acids is 2. The number of benzene rings is 1. The number of carboxylic acids is 1. The van der Waals surface area contributed by atoms with Crippen LogP contribution in [0.4, 0.5) is 5.69 Å². The molecule has 6 heteroatoms. The Balaban J connectivity index is 1.94. The number of carboxylic acid groups (broad SMARTS) is 1. The van der Waals surface area contributed by atoms with E-state index in [4.69, 9.17) is 5.11 Å². The van der Waals surface area contributed by atoms with Crippen LogP contribution in [0.1, 0.15) is 29.6 Å². The lowest BCUT2D eigenvalue weighted by atomic mass is 10.0. The van der Waals surface area contributed by atoms with Gasteiger partial charge in [0.15, 0.2) is 0 Å². The van der Waals surface area contributed by atoms with Crippen LogP contribution in [0.25, 0.3) is 0 Å². The Morgan fingerprint density at radius 2 is 1.76 bits per heavy atom. The van der Waals surface area contributed by atoms with Gasteiger partial charge in [0.05, 0.1) is 18.6 Å². The van der Waals surface area contributed by atoms with Gasteiger partial charge in [0.1, 0.15) is 0 Å². The molecular formula is C15H17NO5. The predicted molar refractivity (Wildman–Crippen MR) is 74.9 cm³/mol. The maximum absolute atomic E-state index is 12.1. The maximum atomic E-state index is 12.1. The van der Waals surface area contributed by atoms with Crippen molar-refractivity contribution in [2.75, 3.05) is 12.4 Å². The van der Waals surface area contributed by atoms with Crippen LogP contribution in [0.3, 0.4) is 0 Å². The fourth-order valence-electron chi connectivity index (χ4n) is 2.50. The van der Waals surface area contributed by atoms with Gasteiger partial charge >= 0.3 is 11.9 Å². The summed E-state index contributed by atoms with van der Waals surface area (Å²) in [4.78, 5) is 34.2. The summed E-state index contributed by atoms with van der Waals surface area (Å²) >= 11 is 0. The van der Waals surface area contributed by atoms with Crippen molar-refractivity contribution in [3.8, 4) is 0 Å². The van der Waals surface area contributed by atoms with Crippen molar-refractivity contribution in [2.45, 2.75) is 19.3 Å². The first kappa shape index (κ1) is 15.0. The average Bonchev–Trinajstić information content (AvgIpc) is 2.97. The van der Waals surface area contributed by atoms with Crippen LogP contribution >= 0.6 is 0 Å². The molecule has 1 aromatic carbocycles. The number of rotatable bonds is 4. The van der Waals surface area contributed by atoms with E-state index < -0.39 is 17.9 Å². The van der Waals surface area contributed by atoms with E-state index in [2.05, 4.69) is 10.1 Å². The average molecular weight is 291 g/mol. The van der Waals surface area contributed by atoms with Gasteiger partial charge in [0, 0.05) is 11.6 Å². The summed E-state index contributed by atoms with van der Waals surface area (Å²) in [5, 5.41) is 11.7. The first-order chi connectivity index (χ1) is 10.0. The number of anilines is 1. The molecule has 2 N–H and O–H groups in total. The quantitative estimate of drug-likeness (QED) is 0.827. The molecule has 2 atom stereocenters. The molecular weight excluding hydrogens is 274 g/mol. The minimum absolute atomic E-state index is 0.176. The van der Waals surface area contributed by atoms with Crippen molar-refractivity contribution >= 4 is 23.5 Å². The Kier molecular flexibility index (Phi) is 4.57. The summed E-state index contributed by atoms with van der Waals surface area (Å²) < 4.78 is 4.59. The Labute approximate surface area is 122 Å². The Morgan fingerprint density at radius 3 is 2.29 bits per heavy atom. The highest BCUT2D eigenvalue weighted by Gasteiger charge is 2.33.